The average molecular weight is 238 g/mol. The lowest BCUT2D eigenvalue weighted by Crippen LogP contribution is -2.24. The molecule has 0 fully saturated rings. The smallest absolute Gasteiger partial charge is 0.273 e. The maximum absolute atomic E-state index is 11.6. The van der Waals surface area contributed by atoms with Crippen LogP contribution >= 0.6 is 0 Å². The fourth-order valence-corrected chi connectivity index (χ4v) is 1.30. The third-order valence-electron chi connectivity index (χ3n) is 2.10. The fraction of sp³-hybridized carbons (Fsp3) is 0.545. The number of aromatic nitrogens is 2. The Labute approximate surface area is 101 Å². The van der Waals surface area contributed by atoms with E-state index in [2.05, 4.69) is 15.5 Å². The fourth-order valence-electron chi connectivity index (χ4n) is 1.30. The van der Waals surface area contributed by atoms with Crippen LogP contribution in [-0.2, 0) is 4.74 Å². The number of amides is 1. The minimum Gasteiger partial charge on any atom is -0.383 e. The lowest BCUT2D eigenvalue weighted by Gasteiger charge is -2.13. The van der Waals surface area contributed by atoms with Gasteiger partial charge in [-0.2, -0.15) is 0 Å². The average Bonchev–Trinajstić information content (AvgIpc) is 2.29. The van der Waals surface area contributed by atoms with Gasteiger partial charge in [-0.3, -0.25) is 4.79 Å². The van der Waals surface area contributed by atoms with Crippen molar-refractivity contribution in [3.63, 3.8) is 0 Å². The highest BCUT2D eigenvalue weighted by atomic mass is 16.5. The van der Waals surface area contributed by atoms with Gasteiger partial charge in [0.05, 0.1) is 6.61 Å². The third kappa shape index (κ3) is 3.99. The number of carbonyl (C=O) groups excluding carboxylic acids is 1. The Hall–Kier alpha value is -1.69. The van der Waals surface area contributed by atoms with E-state index < -0.39 is 0 Å². The molecular weight excluding hydrogens is 220 g/mol. The summed E-state index contributed by atoms with van der Waals surface area (Å²) in [7, 11) is 5.00. The summed E-state index contributed by atoms with van der Waals surface area (Å²) in [6.45, 7) is 2.56. The Morgan fingerprint density at radius 1 is 1.47 bits per heavy atom. The molecule has 94 valence electrons. The van der Waals surface area contributed by atoms with Gasteiger partial charge in [0.1, 0.15) is 5.82 Å². The van der Waals surface area contributed by atoms with Crippen molar-refractivity contribution in [2.24, 2.45) is 0 Å². The van der Waals surface area contributed by atoms with Crippen molar-refractivity contribution in [1.82, 2.24) is 15.1 Å². The van der Waals surface area contributed by atoms with Gasteiger partial charge < -0.3 is 15.0 Å². The normalized spacial score (nSPS) is 12.0. The minimum absolute atomic E-state index is 0.143. The van der Waals surface area contributed by atoms with E-state index >= 15 is 0 Å². The predicted octanol–water partition coefficient (Wildman–Crippen LogP) is 0.625. The van der Waals surface area contributed by atoms with Crippen LogP contribution in [0.3, 0.4) is 0 Å². The van der Waals surface area contributed by atoms with E-state index in [0.717, 1.165) is 0 Å². The second kappa shape index (κ2) is 6.15. The summed E-state index contributed by atoms with van der Waals surface area (Å²) in [5.41, 5.74) is 0.333. The van der Waals surface area contributed by atoms with E-state index in [-0.39, 0.29) is 11.9 Å². The summed E-state index contributed by atoms with van der Waals surface area (Å²) >= 11 is 0. The largest absolute Gasteiger partial charge is 0.383 e. The first-order valence-corrected chi connectivity index (χ1v) is 5.35. The molecule has 6 heteroatoms. The Balaban J connectivity index is 2.65. The highest BCUT2D eigenvalue weighted by molar-refractivity contribution is 5.91. The van der Waals surface area contributed by atoms with Crippen molar-refractivity contribution < 1.29 is 9.53 Å². The molecule has 0 radical (unpaired) electrons. The maximum atomic E-state index is 11.6. The van der Waals surface area contributed by atoms with Crippen LogP contribution in [0.4, 0.5) is 5.82 Å². The molecule has 0 spiro atoms. The summed E-state index contributed by atoms with van der Waals surface area (Å²) in [6.07, 6.45) is 0. The van der Waals surface area contributed by atoms with Crippen LogP contribution in [0.5, 0.6) is 0 Å². The molecule has 1 aromatic heterocycles. The third-order valence-corrected chi connectivity index (χ3v) is 2.10. The second-order valence-electron chi connectivity index (χ2n) is 4.00. The number of hydrogen-bond donors (Lipinski definition) is 1. The van der Waals surface area contributed by atoms with Gasteiger partial charge in [-0.1, -0.05) is 0 Å². The molecule has 1 heterocycles. The van der Waals surface area contributed by atoms with Crippen LogP contribution < -0.4 is 5.32 Å². The number of ether oxygens (including phenoxy) is 1. The van der Waals surface area contributed by atoms with Crippen molar-refractivity contribution in [3.8, 4) is 0 Å². The van der Waals surface area contributed by atoms with E-state index in [1.54, 1.807) is 33.3 Å². The van der Waals surface area contributed by atoms with Crippen molar-refractivity contribution in [3.05, 3.63) is 17.8 Å². The van der Waals surface area contributed by atoms with Crippen LogP contribution in [0.1, 0.15) is 17.4 Å². The van der Waals surface area contributed by atoms with E-state index in [1.807, 2.05) is 6.92 Å². The number of carbonyl (C=O) groups is 1. The quantitative estimate of drug-likeness (QED) is 0.814. The molecular formula is C11H18N4O2. The molecule has 0 saturated heterocycles. The number of methoxy groups -OCH3 is 1. The number of nitrogens with zero attached hydrogens (tertiary/aromatic N) is 3. The highest BCUT2D eigenvalue weighted by Crippen LogP contribution is 2.05. The Morgan fingerprint density at radius 3 is 2.65 bits per heavy atom. The van der Waals surface area contributed by atoms with Gasteiger partial charge in [0, 0.05) is 27.2 Å². The number of nitrogens with one attached hydrogen (secondary N) is 1. The van der Waals surface area contributed by atoms with Gasteiger partial charge in [0.25, 0.3) is 5.91 Å². The molecule has 0 aliphatic carbocycles. The lowest BCUT2D eigenvalue weighted by atomic mass is 10.3. The summed E-state index contributed by atoms with van der Waals surface area (Å²) in [5, 5.41) is 10.9. The van der Waals surface area contributed by atoms with Gasteiger partial charge in [-0.15, -0.1) is 10.2 Å². The molecule has 0 bridgehead atoms. The van der Waals surface area contributed by atoms with E-state index in [9.17, 15) is 4.79 Å². The van der Waals surface area contributed by atoms with Crippen LogP contribution in [-0.4, -0.2) is 54.9 Å². The zero-order valence-electron chi connectivity index (χ0n) is 10.6. The Kier molecular flexibility index (Phi) is 4.84. The molecule has 0 aliphatic rings. The van der Waals surface area contributed by atoms with Crippen LogP contribution in [0, 0.1) is 0 Å². The van der Waals surface area contributed by atoms with E-state index in [0.29, 0.717) is 18.1 Å². The zero-order chi connectivity index (χ0) is 12.8. The van der Waals surface area contributed by atoms with Gasteiger partial charge in [0.15, 0.2) is 5.69 Å². The van der Waals surface area contributed by atoms with Crippen LogP contribution in [0.15, 0.2) is 12.1 Å². The summed E-state index contributed by atoms with van der Waals surface area (Å²) < 4.78 is 5.00. The molecule has 1 aromatic rings. The van der Waals surface area contributed by atoms with Crippen molar-refractivity contribution in [2.75, 3.05) is 33.1 Å². The first-order valence-electron chi connectivity index (χ1n) is 5.35. The molecule has 1 N–H and O–H groups in total. The van der Waals surface area contributed by atoms with Crippen molar-refractivity contribution in [2.45, 2.75) is 13.0 Å². The standard InChI is InChI=1S/C11H18N4O2/c1-8(7-17-4)12-10-6-5-9(13-14-10)11(16)15(2)3/h5-6,8H,7H2,1-4H3,(H,12,14). The topological polar surface area (TPSA) is 67.3 Å². The summed E-state index contributed by atoms with van der Waals surface area (Å²) in [4.78, 5) is 13.0. The number of rotatable bonds is 5. The minimum atomic E-state index is -0.158. The van der Waals surface area contributed by atoms with Gasteiger partial charge in [-0.05, 0) is 19.1 Å². The molecule has 0 aromatic carbocycles. The summed E-state index contributed by atoms with van der Waals surface area (Å²) in [6, 6.07) is 3.53. The second-order valence-corrected chi connectivity index (χ2v) is 4.00. The lowest BCUT2D eigenvalue weighted by molar-refractivity contribution is 0.0821. The molecule has 0 saturated carbocycles. The SMILES string of the molecule is COCC(C)Nc1ccc(C(=O)N(C)C)nn1. The first kappa shape index (κ1) is 13.4. The number of hydrogen-bond acceptors (Lipinski definition) is 5. The zero-order valence-corrected chi connectivity index (χ0v) is 10.6. The molecule has 1 rings (SSSR count). The molecule has 0 aliphatic heterocycles. The molecule has 6 nitrogen and oxygen atoms in total. The summed E-state index contributed by atoms with van der Waals surface area (Å²) in [5.74, 6) is 0.471. The Bertz CT molecular complexity index is 364. The van der Waals surface area contributed by atoms with Gasteiger partial charge in [-0.25, -0.2) is 0 Å². The van der Waals surface area contributed by atoms with Crippen LogP contribution in [0.2, 0.25) is 0 Å². The monoisotopic (exact) mass is 238 g/mol. The van der Waals surface area contributed by atoms with E-state index in [1.165, 1.54) is 4.90 Å². The Morgan fingerprint density at radius 2 is 2.18 bits per heavy atom. The first-order chi connectivity index (χ1) is 8.04. The molecule has 1 atom stereocenters. The molecule has 1 unspecified atom stereocenters. The van der Waals surface area contributed by atoms with Crippen LogP contribution in [0.25, 0.3) is 0 Å². The highest BCUT2D eigenvalue weighted by Gasteiger charge is 2.10. The maximum Gasteiger partial charge on any atom is 0.273 e. The molecule has 1 amide bonds. The predicted molar refractivity (Wildman–Crippen MR) is 65.0 cm³/mol. The van der Waals surface area contributed by atoms with Gasteiger partial charge >= 0.3 is 0 Å². The number of anilines is 1. The van der Waals surface area contributed by atoms with Crippen molar-refractivity contribution in [1.29, 1.82) is 0 Å². The molecule has 17 heavy (non-hydrogen) atoms. The van der Waals surface area contributed by atoms with Crippen molar-refractivity contribution >= 4 is 11.7 Å². The van der Waals surface area contributed by atoms with E-state index in [4.69, 9.17) is 4.74 Å². The van der Waals surface area contributed by atoms with Gasteiger partial charge in [0.2, 0.25) is 0 Å².